The molecule has 1 heterocycles. The van der Waals surface area contributed by atoms with Gasteiger partial charge in [-0.2, -0.15) is 0 Å². The van der Waals surface area contributed by atoms with Crippen molar-refractivity contribution < 1.29 is 17.6 Å². The summed E-state index contributed by atoms with van der Waals surface area (Å²) in [5.41, 5.74) is 0.891. The Balaban J connectivity index is 2.17. The van der Waals surface area contributed by atoms with Gasteiger partial charge in [0.25, 0.3) is 15.0 Å². The molecule has 2 rings (SSSR count). The summed E-state index contributed by atoms with van der Waals surface area (Å²) in [4.78, 5) is 15.6. The third-order valence-corrected chi connectivity index (χ3v) is 3.72. The standard InChI is InChI=1S/C11H9ClN2O4S/c1-7-10(18-6-13-7)11(15)14-8-2-4-9(5-3-8)19(12,16)17/h2-6H,1H3,(H,14,15). The Morgan fingerprint density at radius 3 is 2.42 bits per heavy atom. The molecule has 0 unspecified atom stereocenters. The zero-order valence-electron chi connectivity index (χ0n) is 9.75. The number of hydrogen-bond acceptors (Lipinski definition) is 5. The van der Waals surface area contributed by atoms with Crippen LogP contribution in [0.2, 0.25) is 0 Å². The largest absolute Gasteiger partial charge is 0.438 e. The quantitative estimate of drug-likeness (QED) is 0.877. The Bertz CT molecular complexity index is 707. The van der Waals surface area contributed by atoms with E-state index in [0.29, 0.717) is 11.4 Å². The second-order valence-corrected chi connectivity index (χ2v) is 6.25. The van der Waals surface area contributed by atoms with Crippen molar-refractivity contribution in [3.05, 3.63) is 42.1 Å². The molecule has 0 fully saturated rings. The van der Waals surface area contributed by atoms with Gasteiger partial charge in [0.15, 0.2) is 6.39 Å². The molecule has 8 heteroatoms. The highest BCUT2D eigenvalue weighted by atomic mass is 35.7. The number of oxazole rings is 1. The summed E-state index contributed by atoms with van der Waals surface area (Å²) >= 11 is 0. The van der Waals surface area contributed by atoms with Gasteiger partial charge >= 0.3 is 0 Å². The number of nitrogens with one attached hydrogen (secondary N) is 1. The molecular weight excluding hydrogens is 292 g/mol. The molecule has 6 nitrogen and oxygen atoms in total. The van der Waals surface area contributed by atoms with Crippen molar-refractivity contribution in [2.75, 3.05) is 5.32 Å². The molecule has 1 amide bonds. The zero-order chi connectivity index (χ0) is 14.0. The van der Waals surface area contributed by atoms with Crippen molar-refractivity contribution in [1.82, 2.24) is 4.98 Å². The number of benzene rings is 1. The van der Waals surface area contributed by atoms with Crippen molar-refractivity contribution >= 4 is 31.3 Å². The number of anilines is 1. The van der Waals surface area contributed by atoms with E-state index in [0.717, 1.165) is 0 Å². The maximum absolute atomic E-state index is 11.8. The minimum Gasteiger partial charge on any atom is -0.438 e. The van der Waals surface area contributed by atoms with Gasteiger partial charge in [-0.15, -0.1) is 0 Å². The van der Waals surface area contributed by atoms with Gasteiger partial charge in [-0.1, -0.05) is 0 Å². The lowest BCUT2D eigenvalue weighted by Crippen LogP contribution is -2.12. The summed E-state index contributed by atoms with van der Waals surface area (Å²) in [6.45, 7) is 1.64. The molecule has 0 saturated carbocycles. The SMILES string of the molecule is Cc1ncoc1C(=O)Nc1ccc(S(=O)(=O)Cl)cc1. The summed E-state index contributed by atoms with van der Waals surface area (Å²) in [7, 11) is 1.41. The van der Waals surface area contributed by atoms with E-state index in [2.05, 4.69) is 10.3 Å². The fraction of sp³-hybridized carbons (Fsp3) is 0.0909. The van der Waals surface area contributed by atoms with Crippen LogP contribution in [0.4, 0.5) is 5.69 Å². The molecule has 0 atom stereocenters. The van der Waals surface area contributed by atoms with E-state index < -0.39 is 15.0 Å². The molecule has 19 heavy (non-hydrogen) atoms. The Labute approximate surface area is 113 Å². The first-order valence-corrected chi connectivity index (χ1v) is 7.45. The van der Waals surface area contributed by atoms with Gasteiger partial charge < -0.3 is 9.73 Å². The summed E-state index contributed by atoms with van der Waals surface area (Å²) in [5, 5.41) is 2.55. The minimum absolute atomic E-state index is 0.0389. The van der Waals surface area contributed by atoms with E-state index in [9.17, 15) is 13.2 Å². The van der Waals surface area contributed by atoms with Crippen molar-refractivity contribution in [2.24, 2.45) is 0 Å². The van der Waals surface area contributed by atoms with Crippen LogP contribution in [-0.2, 0) is 9.05 Å². The monoisotopic (exact) mass is 300 g/mol. The average molecular weight is 301 g/mol. The first-order valence-electron chi connectivity index (χ1n) is 5.14. The van der Waals surface area contributed by atoms with Crippen LogP contribution < -0.4 is 5.32 Å². The van der Waals surface area contributed by atoms with E-state index in [1.165, 1.54) is 30.7 Å². The molecular formula is C11H9ClN2O4S. The number of carbonyl (C=O) groups is 1. The van der Waals surface area contributed by atoms with E-state index in [1.54, 1.807) is 6.92 Å². The second-order valence-electron chi connectivity index (χ2n) is 3.68. The summed E-state index contributed by atoms with van der Waals surface area (Å²) in [6, 6.07) is 5.45. The molecule has 0 spiro atoms. The smallest absolute Gasteiger partial charge is 0.293 e. The molecule has 0 aliphatic heterocycles. The van der Waals surface area contributed by atoms with Gasteiger partial charge in [0.05, 0.1) is 10.6 Å². The summed E-state index contributed by atoms with van der Waals surface area (Å²) in [5.74, 6) is -0.356. The molecule has 0 aliphatic carbocycles. The number of nitrogens with zero attached hydrogens (tertiary/aromatic N) is 1. The lowest BCUT2D eigenvalue weighted by molar-refractivity contribution is 0.0996. The highest BCUT2D eigenvalue weighted by molar-refractivity contribution is 8.13. The van der Waals surface area contributed by atoms with Crippen molar-refractivity contribution in [2.45, 2.75) is 11.8 Å². The van der Waals surface area contributed by atoms with Crippen LogP contribution in [0.1, 0.15) is 16.2 Å². The number of rotatable bonds is 3. The Morgan fingerprint density at radius 1 is 1.32 bits per heavy atom. The number of aromatic nitrogens is 1. The lowest BCUT2D eigenvalue weighted by atomic mass is 10.3. The van der Waals surface area contributed by atoms with Gasteiger partial charge in [0.2, 0.25) is 5.76 Å². The van der Waals surface area contributed by atoms with Crippen LogP contribution in [0, 0.1) is 6.92 Å². The number of amides is 1. The minimum atomic E-state index is -3.77. The highest BCUT2D eigenvalue weighted by Crippen LogP contribution is 2.18. The van der Waals surface area contributed by atoms with Crippen LogP contribution in [0.5, 0.6) is 0 Å². The third kappa shape index (κ3) is 3.12. The second kappa shape index (κ2) is 5.02. The van der Waals surface area contributed by atoms with Gasteiger partial charge in [0, 0.05) is 16.4 Å². The normalized spacial score (nSPS) is 11.3. The average Bonchev–Trinajstić information content (AvgIpc) is 2.75. The van der Waals surface area contributed by atoms with Crippen molar-refractivity contribution in [3.63, 3.8) is 0 Å². The summed E-state index contributed by atoms with van der Waals surface area (Å²) < 4.78 is 27.0. The van der Waals surface area contributed by atoms with Crippen LogP contribution in [0.25, 0.3) is 0 Å². The Hall–Kier alpha value is -1.86. The van der Waals surface area contributed by atoms with Gasteiger partial charge in [-0.25, -0.2) is 13.4 Å². The first kappa shape index (κ1) is 13.6. The number of halogens is 1. The molecule has 100 valence electrons. The van der Waals surface area contributed by atoms with Crippen molar-refractivity contribution in [1.29, 1.82) is 0 Å². The Morgan fingerprint density at radius 2 is 1.95 bits per heavy atom. The van der Waals surface area contributed by atoms with Gasteiger partial charge in [-0.3, -0.25) is 4.79 Å². The van der Waals surface area contributed by atoms with Gasteiger partial charge in [0.1, 0.15) is 0 Å². The molecule has 0 bridgehead atoms. The molecule has 1 N–H and O–H groups in total. The van der Waals surface area contributed by atoms with Crippen LogP contribution >= 0.6 is 10.7 Å². The molecule has 1 aromatic heterocycles. The molecule has 0 radical (unpaired) electrons. The van der Waals surface area contributed by atoms with Crippen LogP contribution in [0.3, 0.4) is 0 Å². The van der Waals surface area contributed by atoms with Crippen LogP contribution in [0.15, 0.2) is 40.0 Å². The fourth-order valence-corrected chi connectivity index (χ4v) is 2.18. The van der Waals surface area contributed by atoms with Crippen LogP contribution in [-0.4, -0.2) is 19.3 Å². The van der Waals surface area contributed by atoms with E-state index in [1.807, 2.05) is 0 Å². The predicted molar refractivity (Wildman–Crippen MR) is 68.7 cm³/mol. The third-order valence-electron chi connectivity index (χ3n) is 2.35. The summed E-state index contributed by atoms with van der Waals surface area (Å²) in [6.07, 6.45) is 1.17. The molecule has 2 aromatic rings. The van der Waals surface area contributed by atoms with E-state index in [4.69, 9.17) is 15.1 Å². The highest BCUT2D eigenvalue weighted by Gasteiger charge is 2.14. The maximum Gasteiger partial charge on any atom is 0.293 e. The number of hydrogen-bond donors (Lipinski definition) is 1. The fourth-order valence-electron chi connectivity index (χ4n) is 1.41. The van der Waals surface area contributed by atoms with Crippen molar-refractivity contribution in [3.8, 4) is 0 Å². The number of carbonyl (C=O) groups excluding carboxylic acids is 1. The molecule has 0 aliphatic rings. The topological polar surface area (TPSA) is 89.3 Å². The maximum atomic E-state index is 11.8. The van der Waals surface area contributed by atoms with E-state index in [-0.39, 0.29) is 10.7 Å². The zero-order valence-corrected chi connectivity index (χ0v) is 11.3. The van der Waals surface area contributed by atoms with Gasteiger partial charge in [-0.05, 0) is 31.2 Å². The first-order chi connectivity index (χ1) is 8.88. The Kier molecular flexibility index (Phi) is 3.59. The molecule has 1 aromatic carbocycles. The number of aryl methyl sites for hydroxylation is 1. The predicted octanol–water partition coefficient (Wildman–Crippen LogP) is 2.16. The molecule has 0 saturated heterocycles. The van der Waals surface area contributed by atoms with E-state index >= 15 is 0 Å². The lowest BCUT2D eigenvalue weighted by Gasteiger charge is -2.04.